The van der Waals surface area contributed by atoms with Crippen LogP contribution < -0.4 is 11.1 Å². The maximum absolute atomic E-state index is 11.0. The van der Waals surface area contributed by atoms with E-state index in [1.54, 1.807) is 0 Å². The zero-order chi connectivity index (χ0) is 8.97. The summed E-state index contributed by atoms with van der Waals surface area (Å²) >= 11 is 0. The lowest BCUT2D eigenvalue weighted by atomic mass is 10.0. The molecule has 0 aliphatic carbocycles. The summed E-state index contributed by atoms with van der Waals surface area (Å²) in [5, 5.41) is 2.60. The standard InChI is InChI=1S/C8H14N2O2/c9-8(12)6-4-2-1-3-5-7(11)10-6/h6H,1-5H2,(H2,9,12)(H,10,11). The molecule has 0 aromatic rings. The first-order valence-corrected chi connectivity index (χ1v) is 4.29. The van der Waals surface area contributed by atoms with Crippen LogP contribution in [0.25, 0.3) is 0 Å². The minimum Gasteiger partial charge on any atom is -0.368 e. The Kier molecular flexibility index (Phi) is 3.08. The van der Waals surface area contributed by atoms with Gasteiger partial charge in [0.15, 0.2) is 0 Å². The van der Waals surface area contributed by atoms with Gasteiger partial charge in [0.2, 0.25) is 11.8 Å². The molecule has 4 heteroatoms. The van der Waals surface area contributed by atoms with Crippen molar-refractivity contribution in [2.75, 3.05) is 0 Å². The van der Waals surface area contributed by atoms with Gasteiger partial charge in [0.1, 0.15) is 6.04 Å². The van der Waals surface area contributed by atoms with Gasteiger partial charge < -0.3 is 11.1 Å². The molecule has 1 aliphatic heterocycles. The summed E-state index contributed by atoms with van der Waals surface area (Å²) in [6.45, 7) is 0. The third-order valence-electron chi connectivity index (χ3n) is 2.08. The molecule has 1 heterocycles. The summed E-state index contributed by atoms with van der Waals surface area (Å²) in [6.07, 6.45) is 4.09. The summed E-state index contributed by atoms with van der Waals surface area (Å²) in [6, 6.07) is -0.446. The molecule has 0 aromatic heterocycles. The third-order valence-corrected chi connectivity index (χ3v) is 2.08. The average Bonchev–Trinajstić information content (AvgIpc) is 1.95. The van der Waals surface area contributed by atoms with Gasteiger partial charge in [-0.05, 0) is 12.8 Å². The lowest BCUT2D eigenvalue weighted by Crippen LogP contribution is -2.44. The number of hydrogen-bond donors (Lipinski definition) is 2. The van der Waals surface area contributed by atoms with Crippen LogP contribution >= 0.6 is 0 Å². The number of rotatable bonds is 1. The number of primary amides is 1. The first kappa shape index (κ1) is 9.03. The van der Waals surface area contributed by atoms with Crippen molar-refractivity contribution in [2.45, 2.75) is 38.1 Å². The molecule has 0 spiro atoms. The van der Waals surface area contributed by atoms with E-state index in [1.807, 2.05) is 0 Å². The Bertz CT molecular complexity index is 191. The predicted molar refractivity (Wildman–Crippen MR) is 44.2 cm³/mol. The fraction of sp³-hybridized carbons (Fsp3) is 0.750. The molecule has 1 atom stereocenters. The SMILES string of the molecule is NC(=O)C1CCCCCC(=O)N1. The zero-order valence-corrected chi connectivity index (χ0v) is 7.01. The maximum Gasteiger partial charge on any atom is 0.239 e. The van der Waals surface area contributed by atoms with E-state index in [0.29, 0.717) is 12.8 Å². The van der Waals surface area contributed by atoms with Crippen LogP contribution in [-0.2, 0) is 9.59 Å². The van der Waals surface area contributed by atoms with Gasteiger partial charge in [-0.25, -0.2) is 0 Å². The van der Waals surface area contributed by atoms with Gasteiger partial charge in [-0.2, -0.15) is 0 Å². The number of carbonyl (C=O) groups is 2. The monoisotopic (exact) mass is 170 g/mol. The fourth-order valence-corrected chi connectivity index (χ4v) is 1.36. The number of amides is 2. The molecule has 12 heavy (non-hydrogen) atoms. The van der Waals surface area contributed by atoms with E-state index < -0.39 is 11.9 Å². The van der Waals surface area contributed by atoms with Gasteiger partial charge in [-0.1, -0.05) is 12.8 Å². The quantitative estimate of drug-likeness (QED) is 0.577. The highest BCUT2D eigenvalue weighted by atomic mass is 16.2. The highest BCUT2D eigenvalue weighted by Crippen LogP contribution is 2.09. The molecule has 4 nitrogen and oxygen atoms in total. The molecule has 0 aromatic carbocycles. The van der Waals surface area contributed by atoms with Crippen molar-refractivity contribution in [1.82, 2.24) is 5.32 Å². The summed E-state index contributed by atoms with van der Waals surface area (Å²) in [4.78, 5) is 21.8. The molecular formula is C8H14N2O2. The zero-order valence-electron chi connectivity index (χ0n) is 7.01. The van der Waals surface area contributed by atoms with E-state index in [1.165, 1.54) is 0 Å². The van der Waals surface area contributed by atoms with Crippen LogP contribution in [0.5, 0.6) is 0 Å². The van der Waals surface area contributed by atoms with Crippen LogP contribution in [0.15, 0.2) is 0 Å². The smallest absolute Gasteiger partial charge is 0.239 e. The Labute approximate surface area is 71.5 Å². The van der Waals surface area contributed by atoms with Crippen molar-refractivity contribution >= 4 is 11.8 Å². The van der Waals surface area contributed by atoms with Crippen LogP contribution in [0.1, 0.15) is 32.1 Å². The topological polar surface area (TPSA) is 72.2 Å². The highest BCUT2D eigenvalue weighted by Gasteiger charge is 2.18. The van der Waals surface area contributed by atoms with E-state index in [0.717, 1.165) is 19.3 Å². The summed E-state index contributed by atoms with van der Waals surface area (Å²) in [7, 11) is 0. The van der Waals surface area contributed by atoms with E-state index in [2.05, 4.69) is 5.32 Å². The number of nitrogens with two attached hydrogens (primary N) is 1. The lowest BCUT2D eigenvalue weighted by molar-refractivity contribution is -0.128. The van der Waals surface area contributed by atoms with Crippen LogP contribution in [0.2, 0.25) is 0 Å². The lowest BCUT2D eigenvalue weighted by Gasteiger charge is -2.17. The molecule has 1 fully saturated rings. The number of carbonyl (C=O) groups excluding carboxylic acids is 2. The normalized spacial score (nSPS) is 25.3. The second-order valence-electron chi connectivity index (χ2n) is 3.12. The number of nitrogens with one attached hydrogen (secondary N) is 1. The molecule has 0 bridgehead atoms. The summed E-state index contributed by atoms with van der Waals surface area (Å²) in [5.74, 6) is -0.483. The van der Waals surface area contributed by atoms with Crippen molar-refractivity contribution < 1.29 is 9.59 Å². The van der Waals surface area contributed by atoms with Crippen LogP contribution in [0, 0.1) is 0 Å². The van der Waals surface area contributed by atoms with Gasteiger partial charge in [0.05, 0.1) is 0 Å². The Hall–Kier alpha value is -1.06. The van der Waals surface area contributed by atoms with E-state index in [4.69, 9.17) is 5.73 Å². The molecule has 0 saturated carbocycles. The largest absolute Gasteiger partial charge is 0.368 e. The Morgan fingerprint density at radius 3 is 2.83 bits per heavy atom. The first-order chi connectivity index (χ1) is 5.70. The molecule has 1 unspecified atom stereocenters. The maximum atomic E-state index is 11.0. The molecule has 1 saturated heterocycles. The van der Waals surface area contributed by atoms with E-state index >= 15 is 0 Å². The Balaban J connectivity index is 2.49. The molecule has 0 radical (unpaired) electrons. The van der Waals surface area contributed by atoms with Gasteiger partial charge >= 0.3 is 0 Å². The van der Waals surface area contributed by atoms with Gasteiger partial charge in [0, 0.05) is 6.42 Å². The van der Waals surface area contributed by atoms with Crippen molar-refractivity contribution in [2.24, 2.45) is 5.73 Å². The number of hydrogen-bond acceptors (Lipinski definition) is 2. The van der Waals surface area contributed by atoms with Crippen molar-refractivity contribution in [3.63, 3.8) is 0 Å². The van der Waals surface area contributed by atoms with E-state index in [9.17, 15) is 9.59 Å². The van der Waals surface area contributed by atoms with E-state index in [-0.39, 0.29) is 5.91 Å². The first-order valence-electron chi connectivity index (χ1n) is 4.29. The molecule has 1 aliphatic rings. The Morgan fingerprint density at radius 2 is 2.17 bits per heavy atom. The van der Waals surface area contributed by atoms with Crippen molar-refractivity contribution in [3.8, 4) is 0 Å². The third kappa shape index (κ3) is 2.53. The predicted octanol–water partition coefficient (Wildman–Crippen LogP) is -0.0794. The van der Waals surface area contributed by atoms with Gasteiger partial charge in [-0.3, -0.25) is 9.59 Å². The molecule has 3 N–H and O–H groups in total. The molecule has 1 rings (SSSR count). The fourth-order valence-electron chi connectivity index (χ4n) is 1.36. The van der Waals surface area contributed by atoms with Crippen molar-refractivity contribution in [1.29, 1.82) is 0 Å². The van der Waals surface area contributed by atoms with Gasteiger partial charge in [0.25, 0.3) is 0 Å². The summed E-state index contributed by atoms with van der Waals surface area (Å²) in [5.41, 5.74) is 5.10. The van der Waals surface area contributed by atoms with Crippen LogP contribution in [0.3, 0.4) is 0 Å². The van der Waals surface area contributed by atoms with Crippen LogP contribution in [0.4, 0.5) is 0 Å². The van der Waals surface area contributed by atoms with Gasteiger partial charge in [-0.15, -0.1) is 0 Å². The Morgan fingerprint density at radius 1 is 1.42 bits per heavy atom. The second kappa shape index (κ2) is 4.09. The summed E-state index contributed by atoms with van der Waals surface area (Å²) < 4.78 is 0. The molecule has 68 valence electrons. The minimum absolute atomic E-state index is 0.0569. The second-order valence-corrected chi connectivity index (χ2v) is 3.12. The highest BCUT2D eigenvalue weighted by molar-refractivity contribution is 5.86. The molecular weight excluding hydrogens is 156 g/mol. The average molecular weight is 170 g/mol. The van der Waals surface area contributed by atoms with Crippen LogP contribution in [-0.4, -0.2) is 17.9 Å². The molecule has 2 amide bonds. The van der Waals surface area contributed by atoms with Crippen molar-refractivity contribution in [3.05, 3.63) is 0 Å². The minimum atomic E-state index is -0.446.